The average molecular weight is 543 g/mol. The molecule has 188 valence electrons. The Labute approximate surface area is 226 Å². The van der Waals surface area contributed by atoms with Gasteiger partial charge in [-0.25, -0.2) is 0 Å². The van der Waals surface area contributed by atoms with Crippen LogP contribution in [0.3, 0.4) is 0 Å². The second-order valence-corrected chi connectivity index (χ2v) is 12.2. The van der Waals surface area contributed by atoms with Crippen molar-refractivity contribution in [1.29, 1.82) is 0 Å². The summed E-state index contributed by atoms with van der Waals surface area (Å²) < 4.78 is 0.535. The Morgan fingerprint density at radius 2 is 1.94 bits per heavy atom. The van der Waals surface area contributed by atoms with E-state index >= 15 is 0 Å². The summed E-state index contributed by atoms with van der Waals surface area (Å²) in [6, 6.07) is 15.7. The zero-order valence-corrected chi connectivity index (χ0v) is 22.8. The first-order chi connectivity index (χ1) is 17.2. The molecule has 2 aliphatic rings. The molecule has 3 aromatic rings. The van der Waals surface area contributed by atoms with E-state index < -0.39 is 0 Å². The zero-order valence-electron chi connectivity index (χ0n) is 20.4. The van der Waals surface area contributed by atoms with E-state index in [9.17, 15) is 9.59 Å². The van der Waals surface area contributed by atoms with Crippen molar-refractivity contribution in [2.45, 2.75) is 37.6 Å². The summed E-state index contributed by atoms with van der Waals surface area (Å²) in [7, 11) is 4.25. The van der Waals surface area contributed by atoms with Crippen LogP contribution in [0.25, 0.3) is 0 Å². The van der Waals surface area contributed by atoms with E-state index in [0.717, 1.165) is 18.5 Å². The van der Waals surface area contributed by atoms with Crippen LogP contribution < -0.4 is 5.32 Å². The van der Waals surface area contributed by atoms with Crippen molar-refractivity contribution in [1.82, 2.24) is 9.80 Å². The largest absolute Gasteiger partial charge is 0.334 e. The lowest BCUT2D eigenvalue weighted by atomic mass is 9.90. The standard InChI is InChI=1S/C28H29Cl2N3O2S/c1-32(2)13-11-28(9-10-28)20-5-3-4-18(14-20)8-12-33-17-19-15-21(29)16-22(25(19)27(33)35)31-26(34)23-6-7-24(30)36-23/h3-7,14-16H,8-13,17H2,1-2H3,(H,31,34). The molecule has 8 heteroatoms. The van der Waals surface area contributed by atoms with Crippen LogP contribution in [0.5, 0.6) is 0 Å². The molecule has 0 bridgehead atoms. The van der Waals surface area contributed by atoms with Crippen LogP contribution in [0.1, 0.15) is 56.0 Å². The maximum Gasteiger partial charge on any atom is 0.265 e. The van der Waals surface area contributed by atoms with Gasteiger partial charge in [0.1, 0.15) is 0 Å². The van der Waals surface area contributed by atoms with Gasteiger partial charge >= 0.3 is 0 Å². The van der Waals surface area contributed by atoms with E-state index in [4.69, 9.17) is 23.2 Å². The molecule has 36 heavy (non-hydrogen) atoms. The van der Waals surface area contributed by atoms with E-state index in [-0.39, 0.29) is 11.8 Å². The molecule has 0 radical (unpaired) electrons. The van der Waals surface area contributed by atoms with Gasteiger partial charge in [-0.3, -0.25) is 9.59 Å². The van der Waals surface area contributed by atoms with E-state index in [1.54, 1.807) is 18.2 Å². The monoisotopic (exact) mass is 541 g/mol. The minimum Gasteiger partial charge on any atom is -0.334 e. The molecule has 1 fully saturated rings. The van der Waals surface area contributed by atoms with Gasteiger partial charge in [0.05, 0.1) is 20.5 Å². The summed E-state index contributed by atoms with van der Waals surface area (Å²) in [5, 5.41) is 3.35. The summed E-state index contributed by atoms with van der Waals surface area (Å²) in [5.74, 6) is -0.385. The molecule has 0 unspecified atom stereocenters. The van der Waals surface area contributed by atoms with Crippen LogP contribution in [0.15, 0.2) is 48.5 Å². The minimum absolute atomic E-state index is 0.0815. The average Bonchev–Trinajstić information content (AvgIpc) is 3.41. The third kappa shape index (κ3) is 5.32. The quantitative estimate of drug-likeness (QED) is 0.336. The lowest BCUT2D eigenvalue weighted by Gasteiger charge is -2.20. The third-order valence-electron chi connectivity index (χ3n) is 7.19. The Morgan fingerprint density at radius 1 is 1.14 bits per heavy atom. The number of fused-ring (bicyclic) bond motifs is 1. The first-order valence-electron chi connectivity index (χ1n) is 12.2. The van der Waals surface area contributed by atoms with Gasteiger partial charge in [-0.15, -0.1) is 11.3 Å². The van der Waals surface area contributed by atoms with Crippen molar-refractivity contribution in [2.75, 3.05) is 32.5 Å². The molecule has 1 aliphatic heterocycles. The van der Waals surface area contributed by atoms with E-state index in [2.05, 4.69) is 48.6 Å². The summed E-state index contributed by atoms with van der Waals surface area (Å²) >= 11 is 13.5. The molecule has 2 amide bonds. The minimum atomic E-state index is -0.303. The number of nitrogens with one attached hydrogen (secondary N) is 1. The second-order valence-electron chi connectivity index (χ2n) is 10.1. The highest BCUT2D eigenvalue weighted by Gasteiger charge is 2.43. The number of amides is 2. The summed E-state index contributed by atoms with van der Waals surface area (Å²) in [4.78, 5) is 30.6. The predicted octanol–water partition coefficient (Wildman–Crippen LogP) is 6.49. The van der Waals surface area contributed by atoms with Gasteiger partial charge in [-0.2, -0.15) is 0 Å². The van der Waals surface area contributed by atoms with Crippen LogP contribution in [-0.2, 0) is 18.4 Å². The van der Waals surface area contributed by atoms with Crippen molar-refractivity contribution < 1.29 is 9.59 Å². The molecule has 2 heterocycles. The van der Waals surface area contributed by atoms with Crippen molar-refractivity contribution in [3.8, 4) is 0 Å². The van der Waals surface area contributed by atoms with Crippen molar-refractivity contribution in [3.63, 3.8) is 0 Å². The Morgan fingerprint density at radius 3 is 2.64 bits per heavy atom. The van der Waals surface area contributed by atoms with Gasteiger partial charge in [0.25, 0.3) is 11.8 Å². The van der Waals surface area contributed by atoms with Crippen LogP contribution >= 0.6 is 34.5 Å². The third-order valence-corrected chi connectivity index (χ3v) is 8.64. The molecular weight excluding hydrogens is 513 g/mol. The number of rotatable bonds is 9. The van der Waals surface area contributed by atoms with E-state index in [1.165, 1.54) is 41.7 Å². The van der Waals surface area contributed by atoms with Gasteiger partial charge in [0.15, 0.2) is 0 Å². The number of hydrogen-bond acceptors (Lipinski definition) is 4. The molecule has 2 aromatic carbocycles. The fraction of sp³-hybridized carbons (Fsp3) is 0.357. The first-order valence-corrected chi connectivity index (χ1v) is 13.7. The normalized spacial score (nSPS) is 15.9. The second kappa shape index (κ2) is 10.2. The van der Waals surface area contributed by atoms with Gasteiger partial charge < -0.3 is 15.1 Å². The highest BCUT2D eigenvalue weighted by molar-refractivity contribution is 7.18. The molecular formula is C28H29Cl2N3O2S. The molecule has 0 spiro atoms. The van der Waals surface area contributed by atoms with Gasteiger partial charge in [0, 0.05) is 18.1 Å². The van der Waals surface area contributed by atoms with Crippen molar-refractivity contribution in [2.24, 2.45) is 0 Å². The Bertz CT molecular complexity index is 1320. The Balaban J connectivity index is 1.28. The molecule has 1 N–H and O–H groups in total. The smallest absolute Gasteiger partial charge is 0.265 e. The summed E-state index contributed by atoms with van der Waals surface area (Å²) in [6.45, 7) is 2.17. The maximum atomic E-state index is 13.4. The van der Waals surface area contributed by atoms with Gasteiger partial charge in [-0.1, -0.05) is 47.5 Å². The number of carbonyl (C=O) groups is 2. The highest BCUT2D eigenvalue weighted by atomic mass is 35.5. The number of carbonyl (C=O) groups excluding carboxylic acids is 2. The number of benzene rings is 2. The molecule has 1 aliphatic carbocycles. The number of nitrogens with zero attached hydrogens (tertiary/aromatic N) is 2. The highest BCUT2D eigenvalue weighted by Crippen LogP contribution is 2.51. The van der Waals surface area contributed by atoms with Crippen LogP contribution in [0.2, 0.25) is 9.36 Å². The fourth-order valence-corrected chi connectivity index (χ4v) is 6.15. The molecule has 5 rings (SSSR count). The number of anilines is 1. The summed E-state index contributed by atoms with van der Waals surface area (Å²) in [6.07, 6.45) is 4.45. The molecule has 1 saturated carbocycles. The first kappa shape index (κ1) is 25.3. The zero-order chi connectivity index (χ0) is 25.4. The lowest BCUT2D eigenvalue weighted by molar-refractivity contribution is 0.0781. The summed E-state index contributed by atoms with van der Waals surface area (Å²) in [5.41, 5.74) is 4.78. The van der Waals surface area contributed by atoms with Gasteiger partial charge in [-0.05, 0) is 92.7 Å². The number of halogens is 2. The topological polar surface area (TPSA) is 52.6 Å². The Hall–Kier alpha value is -2.38. The van der Waals surface area contributed by atoms with Crippen LogP contribution in [0, 0.1) is 0 Å². The predicted molar refractivity (Wildman–Crippen MR) is 148 cm³/mol. The van der Waals surface area contributed by atoms with Crippen LogP contribution in [0.4, 0.5) is 5.69 Å². The Kier molecular flexibility index (Phi) is 7.14. The van der Waals surface area contributed by atoms with E-state index in [0.29, 0.717) is 44.0 Å². The molecule has 0 atom stereocenters. The van der Waals surface area contributed by atoms with Crippen LogP contribution in [-0.4, -0.2) is 48.8 Å². The van der Waals surface area contributed by atoms with Gasteiger partial charge in [0.2, 0.25) is 0 Å². The maximum absolute atomic E-state index is 13.4. The lowest BCUT2D eigenvalue weighted by Crippen LogP contribution is -2.27. The molecule has 5 nitrogen and oxygen atoms in total. The van der Waals surface area contributed by atoms with Crippen molar-refractivity contribution >= 4 is 52.0 Å². The number of thiophene rings is 1. The van der Waals surface area contributed by atoms with Crippen molar-refractivity contribution in [3.05, 3.63) is 85.0 Å². The molecule has 0 saturated heterocycles. The fourth-order valence-electron chi connectivity index (χ4n) is 4.97. The number of hydrogen-bond donors (Lipinski definition) is 1. The van der Waals surface area contributed by atoms with E-state index in [1.807, 2.05) is 11.0 Å². The molecule has 1 aromatic heterocycles. The SMILES string of the molecule is CN(C)CCC1(c2cccc(CCN3Cc4cc(Cl)cc(NC(=O)c5ccc(Cl)s5)c4C3=O)c2)CC1.